The Morgan fingerprint density at radius 2 is 1.83 bits per heavy atom. The number of hydrogen-bond acceptors (Lipinski definition) is 6. The van der Waals surface area contributed by atoms with E-state index in [1.807, 2.05) is 17.0 Å². The van der Waals surface area contributed by atoms with Gasteiger partial charge in [-0.05, 0) is 29.8 Å². The number of sulfone groups is 1. The molecule has 1 heterocycles. The molecule has 4 N–H and O–H groups in total. The van der Waals surface area contributed by atoms with Crippen molar-refractivity contribution in [2.45, 2.75) is 18.7 Å². The van der Waals surface area contributed by atoms with Crippen LogP contribution in [0.15, 0.2) is 48.5 Å². The average Bonchev–Trinajstić information content (AvgIpc) is 2.79. The second-order valence-electron chi connectivity index (χ2n) is 6.10. The van der Waals surface area contributed by atoms with E-state index in [9.17, 15) is 18.6 Å². The smallest absolute Gasteiger partial charge is 0.155 e. The van der Waals surface area contributed by atoms with E-state index in [-0.39, 0.29) is 17.3 Å². The zero-order valence-corrected chi connectivity index (χ0v) is 13.9. The number of aliphatic hydroxyl groups excluding tert-OH is 1. The predicted molar refractivity (Wildman–Crippen MR) is 93.6 cm³/mol. The SMILES string of the molecule is Nc1ccc(CN(c2cccc(O)c2)[C@H]2CS(=O)(=O)C[C@H]2O)cc1. The van der Waals surface area contributed by atoms with Gasteiger partial charge in [0.25, 0.3) is 0 Å². The molecule has 2 atom stereocenters. The molecule has 0 radical (unpaired) electrons. The van der Waals surface area contributed by atoms with E-state index >= 15 is 0 Å². The third-order valence-electron chi connectivity index (χ3n) is 4.19. The van der Waals surface area contributed by atoms with Crippen LogP contribution in [0.5, 0.6) is 5.75 Å². The fourth-order valence-corrected chi connectivity index (χ4v) is 4.80. The lowest BCUT2D eigenvalue weighted by molar-refractivity contribution is 0.177. The number of aromatic hydroxyl groups is 1. The highest BCUT2D eigenvalue weighted by Gasteiger charge is 2.40. The van der Waals surface area contributed by atoms with Crippen LogP contribution < -0.4 is 10.6 Å². The fraction of sp³-hybridized carbons (Fsp3) is 0.294. The number of phenols is 1. The first-order valence-electron chi connectivity index (χ1n) is 7.63. The maximum absolute atomic E-state index is 11.9. The summed E-state index contributed by atoms with van der Waals surface area (Å²) >= 11 is 0. The van der Waals surface area contributed by atoms with Crippen molar-refractivity contribution in [1.29, 1.82) is 0 Å². The lowest BCUT2D eigenvalue weighted by atomic mass is 10.1. The Labute approximate surface area is 141 Å². The minimum atomic E-state index is -3.28. The lowest BCUT2D eigenvalue weighted by Gasteiger charge is -2.32. The van der Waals surface area contributed by atoms with E-state index in [4.69, 9.17) is 5.73 Å². The minimum absolute atomic E-state index is 0.0881. The number of phenolic OH excluding ortho intramolecular Hbond substituents is 1. The molecular formula is C17H20N2O4S. The molecule has 0 aliphatic carbocycles. The first kappa shape index (κ1) is 16.6. The Balaban J connectivity index is 1.96. The normalized spacial score (nSPS) is 22.4. The lowest BCUT2D eigenvalue weighted by Crippen LogP contribution is -2.42. The molecule has 1 aliphatic heterocycles. The highest BCUT2D eigenvalue weighted by Crippen LogP contribution is 2.29. The zero-order chi connectivity index (χ0) is 17.3. The minimum Gasteiger partial charge on any atom is -0.508 e. The molecule has 6 nitrogen and oxygen atoms in total. The van der Waals surface area contributed by atoms with Crippen LogP contribution in [0, 0.1) is 0 Å². The summed E-state index contributed by atoms with van der Waals surface area (Å²) < 4.78 is 23.8. The monoisotopic (exact) mass is 348 g/mol. The molecule has 2 aromatic carbocycles. The first-order valence-corrected chi connectivity index (χ1v) is 9.45. The Morgan fingerprint density at radius 3 is 2.42 bits per heavy atom. The molecule has 3 rings (SSSR count). The third-order valence-corrected chi connectivity index (χ3v) is 5.89. The number of anilines is 2. The van der Waals surface area contributed by atoms with Gasteiger partial charge in [0.05, 0.1) is 23.7 Å². The molecule has 24 heavy (non-hydrogen) atoms. The largest absolute Gasteiger partial charge is 0.508 e. The van der Waals surface area contributed by atoms with Crippen molar-refractivity contribution < 1.29 is 18.6 Å². The van der Waals surface area contributed by atoms with E-state index < -0.39 is 22.0 Å². The number of rotatable bonds is 4. The van der Waals surface area contributed by atoms with Crippen LogP contribution in [-0.4, -0.2) is 42.3 Å². The summed E-state index contributed by atoms with van der Waals surface area (Å²) in [6, 6.07) is 13.3. The van der Waals surface area contributed by atoms with Crippen LogP contribution in [0.2, 0.25) is 0 Å². The van der Waals surface area contributed by atoms with Crippen molar-refractivity contribution in [3.8, 4) is 5.75 Å². The van der Waals surface area contributed by atoms with Crippen molar-refractivity contribution in [2.24, 2.45) is 0 Å². The highest BCUT2D eigenvalue weighted by molar-refractivity contribution is 7.91. The van der Waals surface area contributed by atoms with Gasteiger partial charge in [-0.25, -0.2) is 8.42 Å². The molecule has 1 saturated heterocycles. The Bertz CT molecular complexity index is 821. The number of benzene rings is 2. The summed E-state index contributed by atoms with van der Waals surface area (Å²) in [4.78, 5) is 1.82. The maximum atomic E-state index is 11.9. The van der Waals surface area contributed by atoms with Gasteiger partial charge < -0.3 is 20.8 Å². The van der Waals surface area contributed by atoms with E-state index in [1.165, 1.54) is 0 Å². The Hall–Kier alpha value is -2.25. The van der Waals surface area contributed by atoms with Gasteiger partial charge in [-0.2, -0.15) is 0 Å². The van der Waals surface area contributed by atoms with Gasteiger partial charge in [0.2, 0.25) is 0 Å². The van der Waals surface area contributed by atoms with E-state index in [0.29, 0.717) is 17.9 Å². The molecule has 7 heteroatoms. The zero-order valence-electron chi connectivity index (χ0n) is 13.0. The first-order chi connectivity index (χ1) is 11.3. The van der Waals surface area contributed by atoms with Crippen molar-refractivity contribution >= 4 is 21.2 Å². The summed E-state index contributed by atoms with van der Waals surface area (Å²) in [5, 5.41) is 20.0. The number of hydrogen-bond donors (Lipinski definition) is 3. The molecule has 128 valence electrons. The molecule has 0 spiro atoms. The summed E-state index contributed by atoms with van der Waals surface area (Å²) in [5.74, 6) is -0.266. The quantitative estimate of drug-likeness (QED) is 0.716. The van der Waals surface area contributed by atoms with Crippen molar-refractivity contribution in [3.05, 3.63) is 54.1 Å². The van der Waals surface area contributed by atoms with Gasteiger partial charge in [-0.15, -0.1) is 0 Å². The summed E-state index contributed by atoms with van der Waals surface area (Å²) in [6.07, 6.45) is -0.967. The molecule has 0 unspecified atom stereocenters. The van der Waals surface area contributed by atoms with Gasteiger partial charge in [-0.3, -0.25) is 0 Å². The molecule has 0 saturated carbocycles. The Morgan fingerprint density at radius 1 is 1.12 bits per heavy atom. The Kier molecular flexibility index (Phi) is 4.38. The molecule has 1 aliphatic rings. The molecular weight excluding hydrogens is 328 g/mol. The molecule has 2 aromatic rings. The number of nitrogens with two attached hydrogens (primary N) is 1. The van der Waals surface area contributed by atoms with Crippen molar-refractivity contribution in [2.75, 3.05) is 22.1 Å². The number of aliphatic hydroxyl groups is 1. The van der Waals surface area contributed by atoms with Crippen molar-refractivity contribution in [3.63, 3.8) is 0 Å². The third kappa shape index (κ3) is 3.63. The summed E-state index contributed by atoms with van der Waals surface area (Å²) in [6.45, 7) is 0.404. The second-order valence-corrected chi connectivity index (χ2v) is 8.25. The standard InChI is InChI=1S/C17H20N2O4S/c18-13-6-4-12(5-7-13)9-19(14-2-1-3-15(20)8-14)16-10-24(22,23)11-17(16)21/h1-8,16-17,20-21H,9-11,18H2/t16-,17+/m0/s1. The predicted octanol–water partition coefficient (Wildman–Crippen LogP) is 1.14. The van der Waals surface area contributed by atoms with Crippen LogP contribution in [0.4, 0.5) is 11.4 Å². The maximum Gasteiger partial charge on any atom is 0.155 e. The molecule has 1 fully saturated rings. The van der Waals surface area contributed by atoms with E-state index in [1.54, 1.807) is 36.4 Å². The summed E-state index contributed by atoms with van der Waals surface area (Å²) in [5.41, 5.74) is 7.94. The highest BCUT2D eigenvalue weighted by atomic mass is 32.2. The van der Waals surface area contributed by atoms with Crippen LogP contribution in [0.3, 0.4) is 0 Å². The van der Waals surface area contributed by atoms with Gasteiger partial charge in [-0.1, -0.05) is 18.2 Å². The van der Waals surface area contributed by atoms with Crippen LogP contribution in [-0.2, 0) is 16.4 Å². The molecule has 0 bridgehead atoms. The van der Waals surface area contributed by atoms with Crippen molar-refractivity contribution in [1.82, 2.24) is 0 Å². The van der Waals surface area contributed by atoms with Gasteiger partial charge in [0.1, 0.15) is 5.75 Å². The number of nitrogen functional groups attached to an aromatic ring is 1. The van der Waals surface area contributed by atoms with Gasteiger partial charge >= 0.3 is 0 Å². The molecule has 0 amide bonds. The molecule has 0 aromatic heterocycles. The van der Waals surface area contributed by atoms with E-state index in [2.05, 4.69) is 0 Å². The van der Waals surface area contributed by atoms with Crippen LogP contribution in [0.25, 0.3) is 0 Å². The van der Waals surface area contributed by atoms with Crippen LogP contribution in [0.1, 0.15) is 5.56 Å². The van der Waals surface area contributed by atoms with Gasteiger partial charge in [0.15, 0.2) is 9.84 Å². The number of nitrogens with zero attached hydrogens (tertiary/aromatic N) is 1. The summed E-state index contributed by atoms with van der Waals surface area (Å²) in [7, 11) is -3.28. The van der Waals surface area contributed by atoms with Crippen LogP contribution >= 0.6 is 0 Å². The fourth-order valence-electron chi connectivity index (χ4n) is 3.00. The van der Waals surface area contributed by atoms with Gasteiger partial charge in [0, 0.05) is 24.0 Å². The second kappa shape index (κ2) is 6.33. The van der Waals surface area contributed by atoms with E-state index in [0.717, 1.165) is 5.56 Å². The average molecular weight is 348 g/mol. The topological polar surface area (TPSA) is 104 Å².